The number of benzene rings is 1. The van der Waals surface area contributed by atoms with Gasteiger partial charge in [-0.05, 0) is 49.9 Å². The van der Waals surface area contributed by atoms with Gasteiger partial charge in [-0.1, -0.05) is 19.1 Å². The second-order valence-electron chi connectivity index (χ2n) is 6.58. The van der Waals surface area contributed by atoms with Crippen LogP contribution in [0.25, 0.3) is 0 Å². The van der Waals surface area contributed by atoms with Crippen molar-refractivity contribution in [3.05, 3.63) is 35.4 Å². The molecule has 1 fully saturated rings. The molecule has 0 unspecified atom stereocenters. The Morgan fingerprint density at radius 1 is 1.31 bits per heavy atom. The minimum Gasteiger partial charge on any atom is -0.465 e. The van der Waals surface area contributed by atoms with Gasteiger partial charge in [0.1, 0.15) is 0 Å². The number of ether oxygens (including phenoxy) is 1. The van der Waals surface area contributed by atoms with Gasteiger partial charge in [0.05, 0.1) is 18.6 Å². The average Bonchev–Trinajstić information content (AvgIpc) is 2.59. The second-order valence-corrected chi connectivity index (χ2v) is 7.97. The summed E-state index contributed by atoms with van der Waals surface area (Å²) < 4.78 is 43.8. The number of carbonyl (C=O) groups excluding carboxylic acids is 1. The van der Waals surface area contributed by atoms with E-state index < -0.39 is 11.7 Å². The highest BCUT2D eigenvalue weighted by Crippen LogP contribution is 2.37. The molecule has 7 heteroatoms. The van der Waals surface area contributed by atoms with Crippen molar-refractivity contribution >= 4 is 17.7 Å². The Labute approximate surface area is 157 Å². The van der Waals surface area contributed by atoms with E-state index in [1.165, 1.54) is 0 Å². The number of piperidine rings is 1. The Hall–Kier alpha value is -1.21. The first-order chi connectivity index (χ1) is 12.3. The maximum absolute atomic E-state index is 12.8. The lowest BCUT2D eigenvalue weighted by atomic mass is 9.85. The Morgan fingerprint density at radius 3 is 2.62 bits per heavy atom. The molecule has 1 aliphatic rings. The molecule has 0 bridgehead atoms. The SMILES string of the molecule is CCSCCC(=O)OC[C@@H]1CCCN(C)[C@H]1c1ccc(C(F)(F)F)cc1. The van der Waals surface area contributed by atoms with Crippen LogP contribution in [0.4, 0.5) is 13.2 Å². The van der Waals surface area contributed by atoms with E-state index in [0.29, 0.717) is 13.0 Å². The number of hydrogen-bond donors (Lipinski definition) is 0. The van der Waals surface area contributed by atoms with Crippen molar-refractivity contribution in [2.75, 3.05) is 31.7 Å². The van der Waals surface area contributed by atoms with Crippen LogP contribution in [0.1, 0.15) is 43.4 Å². The largest absolute Gasteiger partial charge is 0.465 e. The van der Waals surface area contributed by atoms with E-state index in [2.05, 4.69) is 4.90 Å². The molecule has 1 heterocycles. The highest BCUT2D eigenvalue weighted by molar-refractivity contribution is 7.99. The number of halogens is 3. The van der Waals surface area contributed by atoms with Gasteiger partial charge in [-0.3, -0.25) is 9.69 Å². The maximum Gasteiger partial charge on any atom is 0.416 e. The average molecular weight is 389 g/mol. The van der Waals surface area contributed by atoms with Crippen molar-refractivity contribution in [3.63, 3.8) is 0 Å². The summed E-state index contributed by atoms with van der Waals surface area (Å²) in [5.74, 6) is 1.61. The molecule has 1 aromatic rings. The van der Waals surface area contributed by atoms with Gasteiger partial charge >= 0.3 is 12.1 Å². The van der Waals surface area contributed by atoms with Crippen LogP contribution in [0.5, 0.6) is 0 Å². The summed E-state index contributed by atoms with van der Waals surface area (Å²) in [5, 5.41) is 0. The number of carbonyl (C=O) groups is 1. The molecule has 1 saturated heterocycles. The standard InChI is InChI=1S/C19H26F3NO2S/c1-3-26-12-10-17(24)25-13-15-5-4-11-23(2)18(15)14-6-8-16(9-7-14)19(20,21)22/h6-9,15,18H,3-5,10-13H2,1-2H3/t15-,18-/m0/s1. The number of esters is 1. The molecule has 3 nitrogen and oxygen atoms in total. The fourth-order valence-corrected chi connectivity index (χ4v) is 4.00. The summed E-state index contributed by atoms with van der Waals surface area (Å²) in [4.78, 5) is 14.0. The minimum absolute atomic E-state index is 0.0381. The maximum atomic E-state index is 12.8. The van der Waals surface area contributed by atoms with Crippen molar-refractivity contribution in [3.8, 4) is 0 Å². The van der Waals surface area contributed by atoms with Crippen LogP contribution in [-0.4, -0.2) is 42.6 Å². The molecule has 0 N–H and O–H groups in total. The Kier molecular flexibility index (Phi) is 7.83. The first-order valence-corrected chi connectivity index (χ1v) is 10.1. The predicted molar refractivity (Wildman–Crippen MR) is 98.1 cm³/mol. The van der Waals surface area contributed by atoms with Gasteiger partial charge in [0.15, 0.2) is 0 Å². The van der Waals surface area contributed by atoms with Gasteiger partial charge in [0.25, 0.3) is 0 Å². The molecular formula is C19H26F3NO2S. The molecule has 0 radical (unpaired) electrons. The van der Waals surface area contributed by atoms with Crippen molar-refractivity contribution in [1.82, 2.24) is 4.90 Å². The number of rotatable bonds is 7. The van der Waals surface area contributed by atoms with Gasteiger partial charge in [-0.15, -0.1) is 0 Å². The van der Waals surface area contributed by atoms with Gasteiger partial charge < -0.3 is 4.74 Å². The lowest BCUT2D eigenvalue weighted by Gasteiger charge is -2.39. The fraction of sp³-hybridized carbons (Fsp3) is 0.632. The normalized spacial score (nSPS) is 21.6. The molecule has 0 amide bonds. The van der Waals surface area contributed by atoms with Crippen LogP contribution >= 0.6 is 11.8 Å². The number of hydrogen-bond acceptors (Lipinski definition) is 4. The Balaban J connectivity index is 2.02. The van der Waals surface area contributed by atoms with Crippen LogP contribution in [0.2, 0.25) is 0 Å². The van der Waals surface area contributed by atoms with Crippen molar-refractivity contribution in [2.45, 2.75) is 38.4 Å². The van der Waals surface area contributed by atoms with Crippen molar-refractivity contribution in [1.29, 1.82) is 0 Å². The van der Waals surface area contributed by atoms with Crippen molar-refractivity contribution < 1.29 is 22.7 Å². The number of nitrogens with zero attached hydrogens (tertiary/aromatic N) is 1. The first kappa shape index (κ1) is 21.1. The molecule has 0 spiro atoms. The van der Waals surface area contributed by atoms with Crippen LogP contribution < -0.4 is 0 Å². The van der Waals surface area contributed by atoms with E-state index in [9.17, 15) is 18.0 Å². The molecule has 2 rings (SSSR count). The van der Waals surface area contributed by atoms with Crippen LogP contribution in [-0.2, 0) is 15.7 Å². The number of thioether (sulfide) groups is 1. The minimum atomic E-state index is -4.33. The van der Waals surface area contributed by atoms with Gasteiger partial charge in [0.2, 0.25) is 0 Å². The summed E-state index contributed by atoms with van der Waals surface area (Å²) in [6.07, 6.45) is -2.05. The van der Waals surface area contributed by atoms with Crippen LogP contribution in [0, 0.1) is 5.92 Å². The van der Waals surface area contributed by atoms with E-state index in [1.807, 2.05) is 14.0 Å². The molecule has 1 aliphatic heterocycles. The third kappa shape index (κ3) is 5.91. The quantitative estimate of drug-likeness (QED) is 0.496. The van der Waals surface area contributed by atoms with Gasteiger partial charge in [-0.25, -0.2) is 0 Å². The lowest BCUT2D eigenvalue weighted by Crippen LogP contribution is -2.38. The van der Waals surface area contributed by atoms with E-state index in [1.54, 1.807) is 23.9 Å². The topological polar surface area (TPSA) is 29.5 Å². The zero-order valence-electron chi connectivity index (χ0n) is 15.2. The summed E-state index contributed by atoms with van der Waals surface area (Å²) in [7, 11) is 1.97. The third-order valence-corrected chi connectivity index (χ3v) is 5.60. The lowest BCUT2D eigenvalue weighted by molar-refractivity contribution is -0.146. The molecule has 0 aromatic heterocycles. The molecule has 0 saturated carbocycles. The smallest absolute Gasteiger partial charge is 0.416 e. The third-order valence-electron chi connectivity index (χ3n) is 4.70. The fourth-order valence-electron chi connectivity index (χ4n) is 3.40. The predicted octanol–water partition coefficient (Wildman–Crippen LogP) is 4.77. The van der Waals surface area contributed by atoms with Gasteiger partial charge in [-0.2, -0.15) is 24.9 Å². The first-order valence-electron chi connectivity index (χ1n) is 8.93. The number of likely N-dealkylation sites (tertiary alicyclic amines) is 1. The van der Waals surface area contributed by atoms with E-state index in [0.717, 1.165) is 48.6 Å². The summed E-state index contributed by atoms with van der Waals surface area (Å²) in [6, 6.07) is 5.30. The summed E-state index contributed by atoms with van der Waals surface area (Å²) in [5.41, 5.74) is 0.193. The highest BCUT2D eigenvalue weighted by Gasteiger charge is 2.33. The van der Waals surface area contributed by atoms with Crippen LogP contribution in [0.3, 0.4) is 0 Å². The van der Waals surface area contributed by atoms with E-state index in [-0.39, 0.29) is 17.9 Å². The monoisotopic (exact) mass is 389 g/mol. The number of alkyl halides is 3. The molecule has 1 aromatic carbocycles. The second kappa shape index (κ2) is 9.65. The van der Waals surface area contributed by atoms with E-state index in [4.69, 9.17) is 4.74 Å². The molecule has 0 aliphatic carbocycles. The van der Waals surface area contributed by atoms with E-state index >= 15 is 0 Å². The van der Waals surface area contributed by atoms with Gasteiger partial charge in [0, 0.05) is 17.7 Å². The zero-order chi connectivity index (χ0) is 19.2. The summed E-state index contributed by atoms with van der Waals surface area (Å²) in [6.45, 7) is 3.23. The Morgan fingerprint density at radius 2 is 2.00 bits per heavy atom. The van der Waals surface area contributed by atoms with Crippen molar-refractivity contribution in [2.24, 2.45) is 5.92 Å². The Bertz CT molecular complexity index is 577. The van der Waals surface area contributed by atoms with Crippen LogP contribution in [0.15, 0.2) is 24.3 Å². The zero-order valence-corrected chi connectivity index (χ0v) is 16.0. The molecule has 26 heavy (non-hydrogen) atoms. The highest BCUT2D eigenvalue weighted by atomic mass is 32.2. The molecule has 2 atom stereocenters. The summed E-state index contributed by atoms with van der Waals surface area (Å²) >= 11 is 1.70. The molecular weight excluding hydrogens is 363 g/mol. The molecule has 146 valence electrons.